The Kier molecular flexibility index (Phi) is 5.81. The van der Waals surface area contributed by atoms with Gasteiger partial charge in [-0.15, -0.1) is 0 Å². The summed E-state index contributed by atoms with van der Waals surface area (Å²) in [6.07, 6.45) is 1.61. The predicted molar refractivity (Wildman–Crippen MR) is 113 cm³/mol. The van der Waals surface area contributed by atoms with Gasteiger partial charge in [0.1, 0.15) is 21.8 Å². The van der Waals surface area contributed by atoms with E-state index in [0.29, 0.717) is 26.8 Å². The van der Waals surface area contributed by atoms with E-state index in [-0.39, 0.29) is 11.6 Å². The maximum Gasteiger partial charge on any atom is 0.269 e. The number of nitrogens with one attached hydrogen (secondary N) is 1. The number of amides is 1. The smallest absolute Gasteiger partial charge is 0.269 e. The number of carbonyl (C=O) groups excluding carboxylic acids is 1. The van der Waals surface area contributed by atoms with Crippen LogP contribution in [0.15, 0.2) is 48.5 Å². The molecule has 0 fully saturated rings. The Hall–Kier alpha value is -3.83. The molecule has 8 heteroatoms. The Morgan fingerprint density at radius 1 is 1.21 bits per heavy atom. The first-order valence-corrected chi connectivity index (χ1v) is 9.41. The molecule has 0 bridgehead atoms. The van der Waals surface area contributed by atoms with Crippen LogP contribution in [0.2, 0.25) is 0 Å². The number of hydrogen-bond donors (Lipinski definition) is 1. The average Bonchev–Trinajstić information content (AvgIpc) is 3.09. The SMILES string of the molecule is CC(=O)Nc1sc(C(C#N)=Cc2ccc([N+](=O)[O-])cc2)nc1-c1ccc(C)cc1. The number of carbonyl (C=O) groups is 1. The molecule has 1 heterocycles. The van der Waals surface area contributed by atoms with Crippen molar-refractivity contribution in [3.63, 3.8) is 0 Å². The van der Waals surface area contributed by atoms with E-state index in [1.807, 2.05) is 31.2 Å². The van der Waals surface area contributed by atoms with Crippen LogP contribution in [-0.2, 0) is 4.79 Å². The third-order valence-corrected chi connectivity index (χ3v) is 5.01. The molecule has 29 heavy (non-hydrogen) atoms. The number of anilines is 1. The van der Waals surface area contributed by atoms with Gasteiger partial charge in [0.25, 0.3) is 5.69 Å². The molecule has 3 aromatic rings. The zero-order valence-electron chi connectivity index (χ0n) is 15.7. The second-order valence-corrected chi connectivity index (χ2v) is 7.26. The quantitative estimate of drug-likeness (QED) is 0.364. The lowest BCUT2D eigenvalue weighted by Gasteiger charge is -2.03. The number of aryl methyl sites for hydroxylation is 1. The second kappa shape index (κ2) is 8.46. The van der Waals surface area contributed by atoms with Gasteiger partial charge in [0.15, 0.2) is 0 Å². The number of thiazole rings is 1. The molecule has 2 aromatic carbocycles. The fraction of sp³-hybridized carbons (Fsp3) is 0.0952. The van der Waals surface area contributed by atoms with Crippen LogP contribution in [0.4, 0.5) is 10.7 Å². The maximum atomic E-state index is 11.6. The third-order valence-electron chi connectivity index (χ3n) is 4.01. The molecule has 0 aliphatic heterocycles. The summed E-state index contributed by atoms with van der Waals surface area (Å²) in [7, 11) is 0. The van der Waals surface area contributed by atoms with Crippen LogP contribution in [-0.4, -0.2) is 15.8 Å². The Balaban J connectivity index is 2.03. The predicted octanol–water partition coefficient (Wildman–Crippen LogP) is 5.05. The molecule has 1 N–H and O–H groups in total. The molecule has 144 valence electrons. The number of nitrogens with zero attached hydrogens (tertiary/aromatic N) is 3. The highest BCUT2D eigenvalue weighted by Crippen LogP contribution is 2.36. The van der Waals surface area contributed by atoms with Crippen molar-refractivity contribution in [3.05, 3.63) is 74.8 Å². The molecular weight excluding hydrogens is 388 g/mol. The van der Waals surface area contributed by atoms with Crippen LogP contribution >= 0.6 is 11.3 Å². The zero-order valence-corrected chi connectivity index (χ0v) is 16.5. The summed E-state index contributed by atoms with van der Waals surface area (Å²) in [6, 6.07) is 15.7. The van der Waals surface area contributed by atoms with Crippen molar-refractivity contribution in [2.24, 2.45) is 0 Å². The van der Waals surface area contributed by atoms with Crippen molar-refractivity contribution in [2.75, 3.05) is 5.32 Å². The number of nitriles is 1. The largest absolute Gasteiger partial charge is 0.316 e. The van der Waals surface area contributed by atoms with Gasteiger partial charge < -0.3 is 5.32 Å². The van der Waals surface area contributed by atoms with Crippen molar-refractivity contribution in [1.82, 2.24) is 4.98 Å². The van der Waals surface area contributed by atoms with E-state index < -0.39 is 4.92 Å². The number of non-ortho nitro benzene ring substituents is 1. The minimum absolute atomic E-state index is 0.0236. The number of allylic oxidation sites excluding steroid dienone is 1. The molecule has 0 saturated carbocycles. The van der Waals surface area contributed by atoms with E-state index in [0.717, 1.165) is 11.1 Å². The lowest BCUT2D eigenvalue weighted by Crippen LogP contribution is -2.05. The van der Waals surface area contributed by atoms with Crippen LogP contribution in [0.1, 0.15) is 23.1 Å². The summed E-state index contributed by atoms with van der Waals surface area (Å²) in [6.45, 7) is 3.39. The zero-order chi connectivity index (χ0) is 21.0. The maximum absolute atomic E-state index is 11.6. The first kappa shape index (κ1) is 19.9. The van der Waals surface area contributed by atoms with Gasteiger partial charge in [0.05, 0.1) is 10.5 Å². The van der Waals surface area contributed by atoms with Crippen LogP contribution in [0, 0.1) is 28.4 Å². The minimum atomic E-state index is -0.479. The summed E-state index contributed by atoms with van der Waals surface area (Å²) in [5.74, 6) is -0.230. The monoisotopic (exact) mass is 404 g/mol. The van der Waals surface area contributed by atoms with E-state index in [4.69, 9.17) is 0 Å². The van der Waals surface area contributed by atoms with Crippen molar-refractivity contribution in [1.29, 1.82) is 5.26 Å². The van der Waals surface area contributed by atoms with Gasteiger partial charge in [-0.1, -0.05) is 41.2 Å². The van der Waals surface area contributed by atoms with Crippen LogP contribution < -0.4 is 5.32 Å². The highest BCUT2D eigenvalue weighted by Gasteiger charge is 2.17. The highest BCUT2D eigenvalue weighted by atomic mass is 32.1. The lowest BCUT2D eigenvalue weighted by atomic mass is 10.1. The van der Waals surface area contributed by atoms with Crippen molar-refractivity contribution in [2.45, 2.75) is 13.8 Å². The number of hydrogen-bond acceptors (Lipinski definition) is 6. The Labute approximate surface area is 171 Å². The molecule has 0 radical (unpaired) electrons. The van der Waals surface area contributed by atoms with E-state index in [2.05, 4.69) is 16.4 Å². The molecule has 0 saturated heterocycles. The molecule has 3 rings (SSSR count). The number of nitro benzene ring substituents is 1. The first-order chi connectivity index (χ1) is 13.9. The Morgan fingerprint density at radius 3 is 2.41 bits per heavy atom. The molecule has 1 amide bonds. The molecule has 0 unspecified atom stereocenters. The molecule has 0 aliphatic carbocycles. The second-order valence-electron chi connectivity index (χ2n) is 6.26. The highest BCUT2D eigenvalue weighted by molar-refractivity contribution is 7.17. The summed E-state index contributed by atoms with van der Waals surface area (Å²) >= 11 is 1.20. The molecule has 1 aromatic heterocycles. The third kappa shape index (κ3) is 4.72. The summed E-state index contributed by atoms with van der Waals surface area (Å²) < 4.78 is 0. The standard InChI is InChI=1S/C21H16N4O3S/c1-13-3-7-16(8-4-13)19-21(23-14(2)26)29-20(24-19)17(12-22)11-15-5-9-18(10-6-15)25(27)28/h3-11H,1-2H3,(H,23,26). The van der Waals surface area contributed by atoms with Gasteiger partial charge in [-0.3, -0.25) is 14.9 Å². The minimum Gasteiger partial charge on any atom is -0.316 e. The van der Waals surface area contributed by atoms with Crippen molar-refractivity contribution < 1.29 is 9.72 Å². The summed E-state index contributed by atoms with van der Waals surface area (Å²) in [5, 5.41) is 24.2. The van der Waals surface area contributed by atoms with Gasteiger partial charge in [0, 0.05) is 24.6 Å². The van der Waals surface area contributed by atoms with Gasteiger partial charge in [-0.05, 0) is 30.7 Å². The van der Waals surface area contributed by atoms with Gasteiger partial charge in [0.2, 0.25) is 5.91 Å². The topological polar surface area (TPSA) is 109 Å². The van der Waals surface area contributed by atoms with Gasteiger partial charge in [-0.2, -0.15) is 5.26 Å². The van der Waals surface area contributed by atoms with Crippen LogP contribution in [0.25, 0.3) is 22.9 Å². The Morgan fingerprint density at radius 2 is 1.86 bits per heavy atom. The average molecular weight is 404 g/mol. The summed E-state index contributed by atoms with van der Waals surface area (Å²) in [5.41, 5.74) is 3.43. The van der Waals surface area contributed by atoms with E-state index >= 15 is 0 Å². The molecule has 0 spiro atoms. The van der Waals surface area contributed by atoms with Crippen molar-refractivity contribution >= 4 is 39.6 Å². The first-order valence-electron chi connectivity index (χ1n) is 8.59. The molecule has 0 atom stereocenters. The lowest BCUT2D eigenvalue weighted by molar-refractivity contribution is -0.384. The van der Waals surface area contributed by atoms with E-state index in [9.17, 15) is 20.2 Å². The number of benzene rings is 2. The van der Waals surface area contributed by atoms with Gasteiger partial charge >= 0.3 is 0 Å². The van der Waals surface area contributed by atoms with Crippen LogP contribution in [0.3, 0.4) is 0 Å². The number of nitro groups is 1. The fourth-order valence-corrected chi connectivity index (χ4v) is 3.59. The van der Waals surface area contributed by atoms with E-state index in [1.54, 1.807) is 18.2 Å². The fourth-order valence-electron chi connectivity index (χ4n) is 2.59. The summed E-state index contributed by atoms with van der Waals surface area (Å²) in [4.78, 5) is 26.5. The molecule has 7 nitrogen and oxygen atoms in total. The normalized spacial score (nSPS) is 11.0. The van der Waals surface area contributed by atoms with Gasteiger partial charge in [-0.25, -0.2) is 4.98 Å². The Bertz CT molecular complexity index is 1140. The number of aromatic nitrogens is 1. The van der Waals surface area contributed by atoms with Crippen LogP contribution in [0.5, 0.6) is 0 Å². The molecule has 0 aliphatic rings. The van der Waals surface area contributed by atoms with Crippen molar-refractivity contribution in [3.8, 4) is 17.3 Å². The molecular formula is C21H16N4O3S. The van der Waals surface area contributed by atoms with E-state index in [1.165, 1.54) is 30.4 Å². The number of rotatable bonds is 5.